The van der Waals surface area contributed by atoms with Crippen molar-refractivity contribution in [3.8, 4) is 5.75 Å². The Bertz CT molecular complexity index is 747. The standard InChI is InChI=1S/C27H40N2O5/c30-28-24-16-20-15-21(17-24)19-27(18-20)34-33-26-7-3-23(4-8-26)22-1-5-25(6-2-22)32-14-11-29-9-12-31-13-10-29/h1-2,5-6,20-21,23-24,26-27H,3-4,7-19H2. The number of rotatable bonds is 9. The van der Waals surface area contributed by atoms with Crippen molar-refractivity contribution in [3.63, 3.8) is 0 Å². The van der Waals surface area contributed by atoms with Crippen LogP contribution in [-0.4, -0.2) is 62.6 Å². The molecule has 1 heterocycles. The van der Waals surface area contributed by atoms with Crippen molar-refractivity contribution in [2.45, 2.75) is 82.0 Å². The van der Waals surface area contributed by atoms with E-state index in [2.05, 4.69) is 34.3 Å². The Hall–Kier alpha value is -1.54. The van der Waals surface area contributed by atoms with Gasteiger partial charge in [0.2, 0.25) is 0 Å². The van der Waals surface area contributed by atoms with Crippen LogP contribution in [0, 0.1) is 16.7 Å². The summed E-state index contributed by atoms with van der Waals surface area (Å²) in [5, 5.41) is 3.31. The molecule has 5 rings (SSSR count). The molecule has 4 aliphatic rings. The second kappa shape index (κ2) is 11.9. The molecule has 2 bridgehead atoms. The minimum atomic E-state index is 0.0246. The summed E-state index contributed by atoms with van der Waals surface area (Å²) in [6.07, 6.45) is 9.85. The summed E-state index contributed by atoms with van der Waals surface area (Å²) in [6, 6.07) is 8.72. The molecule has 0 amide bonds. The molecular formula is C27H40N2O5. The quantitative estimate of drug-likeness (QED) is 0.283. The molecule has 1 aromatic carbocycles. The molecule has 1 aliphatic heterocycles. The van der Waals surface area contributed by atoms with Crippen LogP contribution in [0.1, 0.15) is 69.3 Å². The fraction of sp³-hybridized carbons (Fsp3) is 0.778. The van der Waals surface area contributed by atoms with Gasteiger partial charge in [-0.2, -0.15) is 4.91 Å². The van der Waals surface area contributed by atoms with E-state index in [1.165, 1.54) is 12.0 Å². The average molecular weight is 473 g/mol. The van der Waals surface area contributed by atoms with Crippen LogP contribution in [0.15, 0.2) is 29.4 Å². The fourth-order valence-corrected chi connectivity index (χ4v) is 6.52. The van der Waals surface area contributed by atoms with E-state index in [9.17, 15) is 4.91 Å². The zero-order chi connectivity index (χ0) is 23.2. The van der Waals surface area contributed by atoms with Gasteiger partial charge in [-0.15, -0.1) is 0 Å². The SMILES string of the molecule is O=NC1CC2CC(C1)CC(OOC1CCC(c3ccc(OCCN4CCOCC4)cc3)CC1)C2. The predicted octanol–water partition coefficient (Wildman–Crippen LogP) is 5.09. The first-order chi connectivity index (χ1) is 16.7. The van der Waals surface area contributed by atoms with Crippen molar-refractivity contribution in [1.82, 2.24) is 4.90 Å². The molecule has 1 aromatic rings. The van der Waals surface area contributed by atoms with Crippen LogP contribution >= 0.6 is 0 Å². The van der Waals surface area contributed by atoms with Crippen molar-refractivity contribution >= 4 is 0 Å². The maximum atomic E-state index is 10.9. The Morgan fingerprint density at radius 3 is 2.21 bits per heavy atom. The Morgan fingerprint density at radius 2 is 1.53 bits per heavy atom. The van der Waals surface area contributed by atoms with E-state index in [-0.39, 0.29) is 18.2 Å². The molecule has 2 unspecified atom stereocenters. The lowest BCUT2D eigenvalue weighted by Gasteiger charge is -2.40. The summed E-state index contributed by atoms with van der Waals surface area (Å²) in [7, 11) is 0. The Balaban J connectivity index is 0.993. The van der Waals surface area contributed by atoms with Gasteiger partial charge in [0.05, 0.1) is 31.5 Å². The lowest BCUT2D eigenvalue weighted by molar-refractivity contribution is -0.362. The molecule has 1 saturated heterocycles. The molecule has 0 aromatic heterocycles. The van der Waals surface area contributed by atoms with Gasteiger partial charge < -0.3 is 9.47 Å². The summed E-state index contributed by atoms with van der Waals surface area (Å²) in [5.41, 5.74) is 1.40. The zero-order valence-corrected chi connectivity index (χ0v) is 20.3. The molecule has 0 spiro atoms. The van der Waals surface area contributed by atoms with Gasteiger partial charge in [0.25, 0.3) is 0 Å². The van der Waals surface area contributed by atoms with Crippen LogP contribution < -0.4 is 4.74 Å². The first-order valence-corrected chi connectivity index (χ1v) is 13.4. The maximum absolute atomic E-state index is 10.9. The average Bonchev–Trinajstić information content (AvgIpc) is 2.88. The summed E-state index contributed by atoms with van der Waals surface area (Å²) < 4.78 is 11.4. The second-order valence-corrected chi connectivity index (χ2v) is 10.8. The molecule has 0 N–H and O–H groups in total. The van der Waals surface area contributed by atoms with Crippen LogP contribution in [0.3, 0.4) is 0 Å². The number of nitrogens with zero attached hydrogens (tertiary/aromatic N) is 2. The van der Waals surface area contributed by atoms with Gasteiger partial charge >= 0.3 is 0 Å². The number of fused-ring (bicyclic) bond motifs is 2. The van der Waals surface area contributed by atoms with Crippen LogP contribution in [0.4, 0.5) is 0 Å². The van der Waals surface area contributed by atoms with Gasteiger partial charge in [-0.05, 0) is 93.2 Å². The molecule has 0 radical (unpaired) electrons. The molecule has 3 saturated carbocycles. The highest BCUT2D eigenvalue weighted by Gasteiger charge is 2.38. The summed E-state index contributed by atoms with van der Waals surface area (Å²) in [6.45, 7) is 5.34. The molecule has 188 valence electrons. The monoisotopic (exact) mass is 472 g/mol. The number of benzene rings is 1. The van der Waals surface area contributed by atoms with Crippen LogP contribution in [0.25, 0.3) is 0 Å². The highest BCUT2D eigenvalue weighted by atomic mass is 17.2. The number of hydrogen-bond donors (Lipinski definition) is 0. The van der Waals surface area contributed by atoms with Crippen LogP contribution in [-0.2, 0) is 14.5 Å². The van der Waals surface area contributed by atoms with Crippen LogP contribution in [0.2, 0.25) is 0 Å². The van der Waals surface area contributed by atoms with Gasteiger partial charge in [-0.3, -0.25) is 4.90 Å². The van der Waals surface area contributed by atoms with Gasteiger partial charge in [0.1, 0.15) is 12.4 Å². The second-order valence-electron chi connectivity index (χ2n) is 10.8. The molecule has 4 fully saturated rings. The lowest BCUT2D eigenvalue weighted by Crippen LogP contribution is -2.38. The largest absolute Gasteiger partial charge is 0.492 e. The fourth-order valence-electron chi connectivity index (χ4n) is 6.52. The minimum absolute atomic E-state index is 0.0246. The normalized spacial score (nSPS) is 34.5. The van der Waals surface area contributed by atoms with E-state index < -0.39 is 0 Å². The number of ether oxygens (including phenoxy) is 2. The molecule has 7 nitrogen and oxygen atoms in total. The van der Waals surface area contributed by atoms with E-state index in [1.807, 2.05) is 0 Å². The predicted molar refractivity (Wildman–Crippen MR) is 130 cm³/mol. The van der Waals surface area contributed by atoms with E-state index >= 15 is 0 Å². The van der Waals surface area contributed by atoms with Gasteiger partial charge in [0, 0.05) is 19.6 Å². The van der Waals surface area contributed by atoms with Crippen molar-refractivity contribution < 1.29 is 19.2 Å². The van der Waals surface area contributed by atoms with E-state index in [0.29, 0.717) is 17.8 Å². The van der Waals surface area contributed by atoms with Crippen molar-refractivity contribution in [1.29, 1.82) is 0 Å². The maximum Gasteiger partial charge on any atom is 0.119 e. The first kappa shape index (κ1) is 24.2. The molecule has 34 heavy (non-hydrogen) atoms. The molecular weight excluding hydrogens is 432 g/mol. The molecule has 2 atom stereocenters. The minimum Gasteiger partial charge on any atom is -0.492 e. The number of nitroso groups, excluding NO2 is 1. The Morgan fingerprint density at radius 1 is 0.853 bits per heavy atom. The molecule has 3 aliphatic carbocycles. The van der Waals surface area contributed by atoms with Crippen molar-refractivity contribution in [2.24, 2.45) is 17.0 Å². The van der Waals surface area contributed by atoms with Crippen LogP contribution in [0.5, 0.6) is 5.75 Å². The third kappa shape index (κ3) is 6.56. The number of hydrogen-bond acceptors (Lipinski definition) is 7. The van der Waals surface area contributed by atoms with E-state index in [4.69, 9.17) is 19.2 Å². The zero-order valence-electron chi connectivity index (χ0n) is 20.3. The highest BCUT2D eigenvalue weighted by Crippen LogP contribution is 2.42. The van der Waals surface area contributed by atoms with Gasteiger partial charge in [-0.25, -0.2) is 9.78 Å². The van der Waals surface area contributed by atoms with E-state index in [1.54, 1.807) is 0 Å². The van der Waals surface area contributed by atoms with Gasteiger partial charge in [0.15, 0.2) is 0 Å². The Kier molecular flexibility index (Phi) is 8.48. The lowest BCUT2D eigenvalue weighted by atomic mass is 9.69. The topological polar surface area (TPSA) is 69.6 Å². The molecule has 7 heteroatoms. The summed E-state index contributed by atoms with van der Waals surface area (Å²) in [4.78, 5) is 25.2. The van der Waals surface area contributed by atoms with E-state index in [0.717, 1.165) is 96.6 Å². The van der Waals surface area contributed by atoms with Crippen molar-refractivity contribution in [3.05, 3.63) is 34.7 Å². The third-order valence-electron chi connectivity index (χ3n) is 8.35. The summed E-state index contributed by atoms with van der Waals surface area (Å²) >= 11 is 0. The number of morpholine rings is 1. The van der Waals surface area contributed by atoms with Crippen molar-refractivity contribution in [2.75, 3.05) is 39.5 Å². The summed E-state index contributed by atoms with van der Waals surface area (Å²) in [5.74, 6) is 2.69. The van der Waals surface area contributed by atoms with Gasteiger partial charge in [-0.1, -0.05) is 17.3 Å². The first-order valence-electron chi connectivity index (χ1n) is 13.4. The highest BCUT2D eigenvalue weighted by molar-refractivity contribution is 5.29. The Labute approximate surface area is 203 Å². The smallest absolute Gasteiger partial charge is 0.119 e. The third-order valence-corrected chi connectivity index (χ3v) is 8.35.